The minimum atomic E-state index is -0.204. The molecule has 0 heterocycles. The van der Waals surface area contributed by atoms with Crippen LogP contribution in [-0.4, -0.2) is 19.1 Å². The third kappa shape index (κ3) is 7.18. The molecular formula is C23H29NO3. The number of unbranched alkanes of at least 4 members (excludes halogenated alkanes) is 2. The summed E-state index contributed by atoms with van der Waals surface area (Å²) in [4.78, 5) is 12.3. The number of para-hydroxylation sites is 3. The van der Waals surface area contributed by atoms with Crippen LogP contribution < -0.4 is 14.8 Å². The van der Waals surface area contributed by atoms with Crippen molar-refractivity contribution in [2.45, 2.75) is 39.5 Å². The number of carbonyl (C=O) groups is 1. The van der Waals surface area contributed by atoms with Gasteiger partial charge in [-0.15, -0.1) is 0 Å². The van der Waals surface area contributed by atoms with E-state index >= 15 is 0 Å². The summed E-state index contributed by atoms with van der Waals surface area (Å²) in [6, 6.07) is 15.2. The lowest BCUT2D eigenvalue weighted by atomic mass is 10.2. The molecule has 2 aromatic rings. The molecule has 4 heteroatoms. The summed E-state index contributed by atoms with van der Waals surface area (Å²) in [6.45, 7) is 5.56. The first kappa shape index (κ1) is 20.6. The van der Waals surface area contributed by atoms with Crippen LogP contribution >= 0.6 is 0 Å². The van der Waals surface area contributed by atoms with E-state index in [2.05, 4.69) is 19.2 Å². The van der Waals surface area contributed by atoms with E-state index in [9.17, 15) is 4.79 Å². The van der Waals surface area contributed by atoms with Gasteiger partial charge in [0, 0.05) is 11.6 Å². The van der Waals surface area contributed by atoms with Crippen LogP contribution in [0.2, 0.25) is 0 Å². The van der Waals surface area contributed by atoms with Crippen LogP contribution in [0, 0.1) is 0 Å². The van der Waals surface area contributed by atoms with E-state index in [1.807, 2.05) is 48.5 Å². The van der Waals surface area contributed by atoms with Crippen LogP contribution in [0.4, 0.5) is 5.69 Å². The third-order valence-corrected chi connectivity index (χ3v) is 3.99. The second kappa shape index (κ2) is 11.8. The molecule has 144 valence electrons. The fraction of sp³-hybridized carbons (Fsp3) is 0.348. The van der Waals surface area contributed by atoms with Crippen LogP contribution in [-0.2, 0) is 4.79 Å². The van der Waals surface area contributed by atoms with Gasteiger partial charge in [-0.25, -0.2) is 0 Å². The summed E-state index contributed by atoms with van der Waals surface area (Å²) >= 11 is 0. The zero-order valence-corrected chi connectivity index (χ0v) is 16.2. The van der Waals surface area contributed by atoms with Crippen molar-refractivity contribution in [1.82, 2.24) is 0 Å². The molecule has 0 spiro atoms. The summed E-state index contributed by atoms with van der Waals surface area (Å²) in [6.07, 6.45) is 7.43. The van der Waals surface area contributed by atoms with Crippen LogP contribution in [0.3, 0.4) is 0 Å². The Labute approximate surface area is 162 Å². The molecule has 0 saturated heterocycles. The Kier molecular flexibility index (Phi) is 8.98. The fourth-order valence-electron chi connectivity index (χ4n) is 2.44. The average Bonchev–Trinajstić information content (AvgIpc) is 2.69. The first-order valence-corrected chi connectivity index (χ1v) is 9.67. The quantitative estimate of drug-likeness (QED) is 0.409. The van der Waals surface area contributed by atoms with Gasteiger partial charge in [-0.2, -0.15) is 0 Å². The number of ether oxygens (including phenoxy) is 2. The predicted molar refractivity (Wildman–Crippen MR) is 111 cm³/mol. The van der Waals surface area contributed by atoms with Crippen molar-refractivity contribution in [2.24, 2.45) is 0 Å². The highest BCUT2D eigenvalue weighted by Gasteiger charge is 2.06. The van der Waals surface area contributed by atoms with Crippen molar-refractivity contribution in [3.05, 3.63) is 60.2 Å². The van der Waals surface area contributed by atoms with Crippen LogP contribution in [0.15, 0.2) is 54.6 Å². The van der Waals surface area contributed by atoms with Crippen molar-refractivity contribution in [3.8, 4) is 11.5 Å². The van der Waals surface area contributed by atoms with E-state index in [0.29, 0.717) is 24.7 Å². The predicted octanol–water partition coefficient (Wildman–Crippen LogP) is 5.70. The zero-order chi connectivity index (χ0) is 19.3. The maximum Gasteiger partial charge on any atom is 0.248 e. The van der Waals surface area contributed by atoms with Gasteiger partial charge >= 0.3 is 0 Å². The maximum atomic E-state index is 12.3. The first-order chi connectivity index (χ1) is 13.2. The summed E-state index contributed by atoms with van der Waals surface area (Å²) in [5.74, 6) is 1.28. The van der Waals surface area contributed by atoms with Crippen molar-refractivity contribution in [1.29, 1.82) is 0 Å². The topological polar surface area (TPSA) is 47.6 Å². The van der Waals surface area contributed by atoms with Crippen molar-refractivity contribution < 1.29 is 14.3 Å². The van der Waals surface area contributed by atoms with Gasteiger partial charge in [0.25, 0.3) is 0 Å². The van der Waals surface area contributed by atoms with E-state index in [1.54, 1.807) is 6.08 Å². The van der Waals surface area contributed by atoms with Gasteiger partial charge in [-0.1, -0.05) is 57.0 Å². The summed E-state index contributed by atoms with van der Waals surface area (Å²) < 4.78 is 11.6. The molecule has 0 aliphatic rings. The second-order valence-electron chi connectivity index (χ2n) is 6.26. The molecule has 1 N–H and O–H groups in total. The van der Waals surface area contributed by atoms with Gasteiger partial charge in [0.05, 0.1) is 18.9 Å². The molecule has 0 bridgehead atoms. The molecule has 0 unspecified atom stereocenters. The Morgan fingerprint density at radius 3 is 2.19 bits per heavy atom. The monoisotopic (exact) mass is 367 g/mol. The Balaban J connectivity index is 2.00. The number of carbonyl (C=O) groups excluding carboxylic acids is 1. The van der Waals surface area contributed by atoms with Crippen LogP contribution in [0.5, 0.6) is 11.5 Å². The molecule has 0 atom stereocenters. The first-order valence-electron chi connectivity index (χ1n) is 9.67. The Hall–Kier alpha value is -2.75. The highest BCUT2D eigenvalue weighted by Crippen LogP contribution is 2.24. The van der Waals surface area contributed by atoms with E-state index in [-0.39, 0.29) is 5.91 Å². The number of rotatable bonds is 11. The second-order valence-corrected chi connectivity index (χ2v) is 6.26. The normalized spacial score (nSPS) is 10.7. The molecule has 0 aromatic heterocycles. The Morgan fingerprint density at radius 2 is 1.48 bits per heavy atom. The number of anilines is 1. The molecule has 1 amide bonds. The molecule has 0 radical (unpaired) electrons. The van der Waals surface area contributed by atoms with E-state index in [1.165, 1.54) is 6.08 Å². The Bertz CT molecular complexity index is 740. The minimum absolute atomic E-state index is 0.204. The number of hydrogen-bond acceptors (Lipinski definition) is 3. The van der Waals surface area contributed by atoms with Crippen molar-refractivity contribution >= 4 is 17.7 Å². The lowest BCUT2D eigenvalue weighted by molar-refractivity contribution is -0.111. The summed E-state index contributed by atoms with van der Waals surface area (Å²) in [5.41, 5.74) is 1.56. The number of amides is 1. The highest BCUT2D eigenvalue weighted by molar-refractivity contribution is 6.02. The molecular weight excluding hydrogens is 338 g/mol. The molecule has 27 heavy (non-hydrogen) atoms. The zero-order valence-electron chi connectivity index (χ0n) is 16.2. The minimum Gasteiger partial charge on any atom is -0.493 e. The summed E-state index contributed by atoms with van der Waals surface area (Å²) in [5, 5.41) is 2.89. The molecule has 2 aromatic carbocycles. The maximum absolute atomic E-state index is 12.3. The van der Waals surface area contributed by atoms with E-state index < -0.39 is 0 Å². The largest absolute Gasteiger partial charge is 0.493 e. The molecule has 4 nitrogen and oxygen atoms in total. The van der Waals surface area contributed by atoms with Crippen molar-refractivity contribution in [3.63, 3.8) is 0 Å². The van der Waals surface area contributed by atoms with Gasteiger partial charge in [0.15, 0.2) is 0 Å². The molecule has 2 rings (SSSR count). The van der Waals surface area contributed by atoms with Gasteiger partial charge in [0.2, 0.25) is 5.91 Å². The van der Waals surface area contributed by atoms with Crippen LogP contribution in [0.25, 0.3) is 6.08 Å². The van der Waals surface area contributed by atoms with Gasteiger partial charge in [-0.3, -0.25) is 4.79 Å². The SMILES string of the molecule is CCCCOc1ccccc1/C=C/C(=O)Nc1ccccc1OCCCC. The van der Waals surface area contributed by atoms with Gasteiger partial charge in [0.1, 0.15) is 11.5 Å². The number of benzene rings is 2. The molecule has 0 aliphatic carbocycles. The lowest BCUT2D eigenvalue weighted by Crippen LogP contribution is -2.09. The van der Waals surface area contributed by atoms with Crippen molar-refractivity contribution in [2.75, 3.05) is 18.5 Å². The molecule has 0 saturated carbocycles. The Morgan fingerprint density at radius 1 is 0.889 bits per heavy atom. The smallest absolute Gasteiger partial charge is 0.248 e. The summed E-state index contributed by atoms with van der Waals surface area (Å²) in [7, 11) is 0. The standard InChI is InChI=1S/C23H29NO3/c1-3-5-17-26-21-13-9-7-11-19(21)15-16-23(25)24-20-12-8-10-14-22(20)27-18-6-4-2/h7-16H,3-6,17-18H2,1-2H3,(H,24,25)/b16-15+. The van der Waals surface area contributed by atoms with Gasteiger partial charge in [-0.05, 0) is 37.1 Å². The number of nitrogens with one attached hydrogen (secondary N) is 1. The number of hydrogen-bond donors (Lipinski definition) is 1. The van der Waals surface area contributed by atoms with E-state index in [4.69, 9.17) is 9.47 Å². The lowest BCUT2D eigenvalue weighted by Gasteiger charge is -2.11. The molecule has 0 fully saturated rings. The molecule has 0 aliphatic heterocycles. The third-order valence-electron chi connectivity index (χ3n) is 3.99. The fourth-order valence-corrected chi connectivity index (χ4v) is 2.44. The van der Waals surface area contributed by atoms with Gasteiger partial charge < -0.3 is 14.8 Å². The van der Waals surface area contributed by atoms with Crippen LogP contribution in [0.1, 0.15) is 45.1 Å². The highest BCUT2D eigenvalue weighted by atomic mass is 16.5. The average molecular weight is 367 g/mol. The van der Waals surface area contributed by atoms with E-state index in [0.717, 1.165) is 37.0 Å².